The molecule has 0 bridgehead atoms. The standard InChI is InChI=1S/C8H17NO3S/c1-12-6-7(9)8-4-2-3-5-13(8,10)11/h7-8H,2-6,9H2,1H3. The molecule has 0 aliphatic carbocycles. The summed E-state index contributed by atoms with van der Waals surface area (Å²) in [5, 5.41) is -0.388. The van der Waals surface area contributed by atoms with E-state index in [1.807, 2.05) is 0 Å². The summed E-state index contributed by atoms with van der Waals surface area (Å²) in [6, 6.07) is -0.365. The number of nitrogens with two attached hydrogens (primary N) is 1. The molecule has 1 rings (SSSR count). The van der Waals surface area contributed by atoms with Crippen LogP contribution in [-0.2, 0) is 14.6 Å². The number of ether oxygens (including phenoxy) is 1. The molecule has 0 spiro atoms. The van der Waals surface area contributed by atoms with Crippen molar-refractivity contribution in [3.05, 3.63) is 0 Å². The van der Waals surface area contributed by atoms with Crippen LogP contribution < -0.4 is 5.73 Å². The summed E-state index contributed by atoms with van der Waals surface area (Å²) in [5.74, 6) is 0.287. The fraction of sp³-hybridized carbons (Fsp3) is 1.00. The number of rotatable bonds is 3. The van der Waals surface area contributed by atoms with Crippen LogP contribution >= 0.6 is 0 Å². The highest BCUT2D eigenvalue weighted by atomic mass is 32.2. The lowest BCUT2D eigenvalue weighted by Crippen LogP contribution is -2.46. The molecule has 2 unspecified atom stereocenters. The summed E-state index contributed by atoms with van der Waals surface area (Å²) in [6.07, 6.45) is 2.42. The third-order valence-electron chi connectivity index (χ3n) is 2.47. The van der Waals surface area contributed by atoms with Crippen molar-refractivity contribution in [1.29, 1.82) is 0 Å². The molecule has 1 fully saturated rings. The van der Waals surface area contributed by atoms with E-state index in [4.69, 9.17) is 10.5 Å². The van der Waals surface area contributed by atoms with Crippen LogP contribution in [-0.4, -0.2) is 39.2 Å². The van der Waals surface area contributed by atoms with Crippen LogP contribution in [0, 0.1) is 0 Å². The monoisotopic (exact) mass is 207 g/mol. The SMILES string of the molecule is COCC(N)C1CCCCS1(=O)=O. The summed E-state index contributed by atoms with van der Waals surface area (Å²) in [6.45, 7) is 0.323. The molecule has 1 aliphatic rings. The van der Waals surface area contributed by atoms with Gasteiger partial charge in [0.25, 0.3) is 0 Å². The van der Waals surface area contributed by atoms with Crippen molar-refractivity contribution in [3.8, 4) is 0 Å². The van der Waals surface area contributed by atoms with Gasteiger partial charge in [0.2, 0.25) is 0 Å². The first kappa shape index (κ1) is 10.9. The zero-order valence-corrected chi connectivity index (χ0v) is 8.72. The van der Waals surface area contributed by atoms with Gasteiger partial charge in [-0.2, -0.15) is 0 Å². The topological polar surface area (TPSA) is 69.4 Å². The predicted octanol–water partition coefficient (Wildman–Crippen LogP) is -0.0726. The summed E-state index contributed by atoms with van der Waals surface area (Å²) in [7, 11) is -1.41. The molecule has 5 heteroatoms. The van der Waals surface area contributed by atoms with Gasteiger partial charge in [-0.05, 0) is 12.8 Å². The van der Waals surface area contributed by atoms with Crippen molar-refractivity contribution >= 4 is 9.84 Å². The molecule has 13 heavy (non-hydrogen) atoms. The fourth-order valence-electron chi connectivity index (χ4n) is 1.76. The molecule has 1 aliphatic heterocycles. The maximum atomic E-state index is 11.6. The second kappa shape index (κ2) is 4.39. The fourth-order valence-corrected chi connectivity index (χ4v) is 3.81. The minimum atomic E-state index is -2.95. The first-order chi connectivity index (χ1) is 6.08. The zero-order chi connectivity index (χ0) is 9.90. The number of sulfone groups is 1. The van der Waals surface area contributed by atoms with Crippen molar-refractivity contribution < 1.29 is 13.2 Å². The molecule has 0 radical (unpaired) electrons. The van der Waals surface area contributed by atoms with Crippen molar-refractivity contribution in [3.63, 3.8) is 0 Å². The van der Waals surface area contributed by atoms with E-state index in [-0.39, 0.29) is 17.0 Å². The third kappa shape index (κ3) is 2.65. The van der Waals surface area contributed by atoms with E-state index in [0.29, 0.717) is 13.0 Å². The van der Waals surface area contributed by atoms with Gasteiger partial charge in [0.1, 0.15) is 0 Å². The molecule has 0 aromatic rings. The van der Waals surface area contributed by atoms with Gasteiger partial charge in [0.15, 0.2) is 9.84 Å². The molecule has 2 N–H and O–H groups in total. The molecule has 0 saturated carbocycles. The van der Waals surface area contributed by atoms with Crippen LogP contribution in [0.25, 0.3) is 0 Å². The summed E-state index contributed by atoms with van der Waals surface area (Å²) in [5.41, 5.74) is 5.73. The van der Waals surface area contributed by atoms with Crippen LogP contribution in [0.4, 0.5) is 0 Å². The third-order valence-corrected chi connectivity index (χ3v) is 4.83. The highest BCUT2D eigenvalue weighted by molar-refractivity contribution is 7.92. The summed E-state index contributed by atoms with van der Waals surface area (Å²) < 4.78 is 28.0. The van der Waals surface area contributed by atoms with E-state index in [2.05, 4.69) is 0 Å². The van der Waals surface area contributed by atoms with Crippen LogP contribution in [0.1, 0.15) is 19.3 Å². The molecular formula is C8H17NO3S. The Morgan fingerprint density at radius 1 is 1.54 bits per heavy atom. The van der Waals surface area contributed by atoms with Gasteiger partial charge in [0, 0.05) is 13.2 Å². The van der Waals surface area contributed by atoms with Crippen molar-refractivity contribution in [2.75, 3.05) is 19.5 Å². The van der Waals surface area contributed by atoms with Gasteiger partial charge in [-0.3, -0.25) is 0 Å². The Bertz CT molecular complexity index is 250. The molecule has 1 saturated heterocycles. The molecular weight excluding hydrogens is 190 g/mol. The lowest BCUT2D eigenvalue weighted by atomic mass is 10.1. The molecule has 1 heterocycles. The maximum Gasteiger partial charge on any atom is 0.154 e. The Kier molecular flexibility index (Phi) is 3.70. The first-order valence-electron chi connectivity index (χ1n) is 4.54. The Morgan fingerprint density at radius 2 is 2.23 bits per heavy atom. The van der Waals surface area contributed by atoms with E-state index in [9.17, 15) is 8.42 Å². The number of hydrogen-bond acceptors (Lipinski definition) is 4. The van der Waals surface area contributed by atoms with E-state index >= 15 is 0 Å². The van der Waals surface area contributed by atoms with Gasteiger partial charge < -0.3 is 10.5 Å². The normalized spacial score (nSPS) is 29.8. The van der Waals surface area contributed by atoms with E-state index in [1.54, 1.807) is 0 Å². The minimum absolute atomic E-state index is 0.287. The Balaban J connectivity index is 2.65. The van der Waals surface area contributed by atoms with Crippen LogP contribution in [0.5, 0.6) is 0 Å². The molecule has 0 aromatic carbocycles. The Labute approximate surface area is 79.4 Å². The zero-order valence-electron chi connectivity index (χ0n) is 7.90. The van der Waals surface area contributed by atoms with Crippen LogP contribution in [0.15, 0.2) is 0 Å². The number of methoxy groups -OCH3 is 1. The summed E-state index contributed by atoms with van der Waals surface area (Å²) >= 11 is 0. The Hall–Kier alpha value is -0.130. The number of hydrogen-bond donors (Lipinski definition) is 1. The van der Waals surface area contributed by atoms with Crippen molar-refractivity contribution in [2.24, 2.45) is 5.73 Å². The Morgan fingerprint density at radius 3 is 2.77 bits per heavy atom. The molecule has 0 amide bonds. The van der Waals surface area contributed by atoms with Gasteiger partial charge in [-0.1, -0.05) is 6.42 Å². The lowest BCUT2D eigenvalue weighted by Gasteiger charge is -2.26. The molecule has 2 atom stereocenters. The largest absolute Gasteiger partial charge is 0.383 e. The quantitative estimate of drug-likeness (QED) is 0.703. The second-order valence-electron chi connectivity index (χ2n) is 3.52. The average Bonchev–Trinajstić information content (AvgIpc) is 2.03. The van der Waals surface area contributed by atoms with Gasteiger partial charge in [0.05, 0.1) is 17.6 Å². The molecule has 0 aromatic heterocycles. The highest BCUT2D eigenvalue weighted by Gasteiger charge is 2.33. The molecule has 78 valence electrons. The van der Waals surface area contributed by atoms with Gasteiger partial charge in [-0.25, -0.2) is 8.42 Å². The minimum Gasteiger partial charge on any atom is -0.383 e. The predicted molar refractivity (Wildman–Crippen MR) is 51.3 cm³/mol. The van der Waals surface area contributed by atoms with E-state index in [1.165, 1.54) is 7.11 Å². The first-order valence-corrected chi connectivity index (χ1v) is 6.25. The average molecular weight is 207 g/mol. The van der Waals surface area contributed by atoms with Crippen LogP contribution in [0.3, 0.4) is 0 Å². The maximum absolute atomic E-state index is 11.6. The molecule has 4 nitrogen and oxygen atoms in total. The van der Waals surface area contributed by atoms with E-state index < -0.39 is 9.84 Å². The smallest absolute Gasteiger partial charge is 0.154 e. The van der Waals surface area contributed by atoms with Crippen molar-refractivity contribution in [1.82, 2.24) is 0 Å². The van der Waals surface area contributed by atoms with E-state index in [0.717, 1.165) is 12.8 Å². The van der Waals surface area contributed by atoms with Crippen LogP contribution in [0.2, 0.25) is 0 Å². The summed E-state index contributed by atoms with van der Waals surface area (Å²) in [4.78, 5) is 0. The second-order valence-corrected chi connectivity index (χ2v) is 5.86. The highest BCUT2D eigenvalue weighted by Crippen LogP contribution is 2.21. The lowest BCUT2D eigenvalue weighted by molar-refractivity contribution is 0.176. The van der Waals surface area contributed by atoms with Crippen molar-refractivity contribution in [2.45, 2.75) is 30.6 Å². The van der Waals surface area contributed by atoms with Gasteiger partial charge >= 0.3 is 0 Å². The van der Waals surface area contributed by atoms with Gasteiger partial charge in [-0.15, -0.1) is 0 Å².